The van der Waals surface area contributed by atoms with Crippen molar-refractivity contribution in [3.63, 3.8) is 0 Å². The van der Waals surface area contributed by atoms with Gasteiger partial charge in [0.2, 0.25) is 5.91 Å². The number of aliphatic imine (C=N–C) groups is 1. The zero-order valence-electron chi connectivity index (χ0n) is 17.6. The summed E-state index contributed by atoms with van der Waals surface area (Å²) in [6, 6.07) is 8.22. The number of likely N-dealkylation sites (N-methyl/N-ethyl adjacent to an activating group) is 1. The molecule has 1 aromatic rings. The minimum absolute atomic E-state index is 0. The number of rotatable bonds is 6. The molecule has 1 atom stereocenters. The molecule has 0 saturated carbocycles. The number of ether oxygens (including phenoxy) is 1. The van der Waals surface area contributed by atoms with Crippen LogP contribution in [-0.2, 0) is 4.79 Å². The first-order chi connectivity index (χ1) is 13.0. The van der Waals surface area contributed by atoms with Gasteiger partial charge in [0, 0.05) is 45.2 Å². The summed E-state index contributed by atoms with van der Waals surface area (Å²) >= 11 is 0. The molecule has 1 heterocycles. The Morgan fingerprint density at radius 3 is 2.36 bits per heavy atom. The van der Waals surface area contributed by atoms with Gasteiger partial charge in [-0.15, -0.1) is 24.0 Å². The van der Waals surface area contributed by atoms with Crippen molar-refractivity contribution in [1.29, 1.82) is 0 Å². The van der Waals surface area contributed by atoms with E-state index in [1.165, 1.54) is 0 Å². The molecular formula is C20H34IN5O2. The first-order valence-electron chi connectivity index (χ1n) is 9.56. The minimum atomic E-state index is 0. The fourth-order valence-electron chi connectivity index (χ4n) is 3.31. The van der Waals surface area contributed by atoms with E-state index in [1.807, 2.05) is 23.1 Å². The molecule has 1 aliphatic heterocycles. The van der Waals surface area contributed by atoms with E-state index in [-0.39, 0.29) is 35.9 Å². The second-order valence-corrected chi connectivity index (χ2v) is 6.91. The largest absolute Gasteiger partial charge is 0.496 e. The number of nitrogens with zero attached hydrogens (tertiary/aromatic N) is 4. The van der Waals surface area contributed by atoms with Crippen LogP contribution in [0.15, 0.2) is 29.3 Å². The van der Waals surface area contributed by atoms with E-state index in [4.69, 9.17) is 9.73 Å². The van der Waals surface area contributed by atoms with Crippen molar-refractivity contribution in [2.75, 3.05) is 60.5 Å². The van der Waals surface area contributed by atoms with Gasteiger partial charge in [0.05, 0.1) is 19.7 Å². The van der Waals surface area contributed by atoms with Crippen LogP contribution in [0.4, 0.5) is 0 Å². The Balaban J connectivity index is 0.00000392. The van der Waals surface area contributed by atoms with E-state index >= 15 is 0 Å². The third-order valence-electron chi connectivity index (χ3n) is 4.89. The number of amides is 1. The second-order valence-electron chi connectivity index (χ2n) is 6.91. The molecule has 1 aliphatic rings. The van der Waals surface area contributed by atoms with E-state index in [2.05, 4.69) is 42.2 Å². The molecule has 0 aliphatic carbocycles. The molecule has 1 unspecified atom stereocenters. The van der Waals surface area contributed by atoms with Gasteiger partial charge < -0.3 is 24.8 Å². The van der Waals surface area contributed by atoms with E-state index in [0.29, 0.717) is 6.54 Å². The molecule has 1 fully saturated rings. The van der Waals surface area contributed by atoms with Gasteiger partial charge in [-0.2, -0.15) is 0 Å². The van der Waals surface area contributed by atoms with Crippen LogP contribution in [0.1, 0.15) is 25.5 Å². The average Bonchev–Trinajstić information content (AvgIpc) is 2.67. The lowest BCUT2D eigenvalue weighted by Crippen LogP contribution is -2.53. The normalized spacial score (nSPS) is 15.9. The van der Waals surface area contributed by atoms with Gasteiger partial charge in [-0.3, -0.25) is 9.79 Å². The summed E-state index contributed by atoms with van der Waals surface area (Å²) in [5, 5.41) is 3.39. The fraction of sp³-hybridized carbons (Fsp3) is 0.600. The van der Waals surface area contributed by atoms with Crippen molar-refractivity contribution >= 4 is 35.8 Å². The fourth-order valence-corrected chi connectivity index (χ4v) is 3.31. The maximum atomic E-state index is 11.6. The van der Waals surface area contributed by atoms with Crippen molar-refractivity contribution in [2.24, 2.45) is 4.99 Å². The molecule has 2 rings (SSSR count). The Kier molecular flexibility index (Phi) is 10.6. The van der Waals surface area contributed by atoms with Gasteiger partial charge in [-0.25, -0.2) is 0 Å². The molecule has 8 heteroatoms. The maximum Gasteiger partial charge on any atom is 0.219 e. The number of hydrogen-bond acceptors (Lipinski definition) is 4. The number of piperazine rings is 1. The lowest BCUT2D eigenvalue weighted by molar-refractivity contribution is -0.130. The zero-order valence-corrected chi connectivity index (χ0v) is 20.0. The SMILES string of the molecule is CCNC(=NCC(c1ccccc1OC)N(C)C)N1CCN(C(C)=O)CC1.I. The Bertz CT molecular complexity index is 645. The van der Waals surface area contributed by atoms with Crippen LogP contribution in [0.25, 0.3) is 0 Å². The van der Waals surface area contributed by atoms with Gasteiger partial charge in [-0.1, -0.05) is 18.2 Å². The number of guanidine groups is 1. The summed E-state index contributed by atoms with van der Waals surface area (Å²) in [5.74, 6) is 1.93. The quantitative estimate of drug-likeness (QED) is 0.366. The molecule has 28 heavy (non-hydrogen) atoms. The summed E-state index contributed by atoms with van der Waals surface area (Å²) in [5.41, 5.74) is 1.13. The van der Waals surface area contributed by atoms with E-state index < -0.39 is 0 Å². The Hall–Kier alpha value is -1.55. The molecule has 1 aromatic carbocycles. The van der Waals surface area contributed by atoms with Crippen LogP contribution in [0.2, 0.25) is 0 Å². The summed E-state index contributed by atoms with van der Waals surface area (Å²) in [6.07, 6.45) is 0. The number of halogens is 1. The summed E-state index contributed by atoms with van der Waals surface area (Å²) < 4.78 is 5.54. The van der Waals surface area contributed by atoms with Crippen LogP contribution in [-0.4, -0.2) is 87.0 Å². The molecule has 158 valence electrons. The van der Waals surface area contributed by atoms with Crippen LogP contribution in [0, 0.1) is 0 Å². The highest BCUT2D eigenvalue weighted by molar-refractivity contribution is 14.0. The minimum Gasteiger partial charge on any atom is -0.496 e. The van der Waals surface area contributed by atoms with Gasteiger partial charge in [0.15, 0.2) is 5.96 Å². The number of benzene rings is 1. The number of carbonyl (C=O) groups excluding carboxylic acids is 1. The Morgan fingerprint density at radius 2 is 1.82 bits per heavy atom. The van der Waals surface area contributed by atoms with Gasteiger partial charge in [0.1, 0.15) is 5.75 Å². The van der Waals surface area contributed by atoms with Crippen LogP contribution in [0.3, 0.4) is 0 Å². The monoisotopic (exact) mass is 503 g/mol. The van der Waals surface area contributed by atoms with Crippen molar-refractivity contribution in [3.8, 4) is 5.75 Å². The van der Waals surface area contributed by atoms with Gasteiger partial charge in [0.25, 0.3) is 0 Å². The number of nitrogens with one attached hydrogen (secondary N) is 1. The second kappa shape index (κ2) is 12.1. The van der Waals surface area contributed by atoms with E-state index in [9.17, 15) is 4.79 Å². The number of hydrogen-bond donors (Lipinski definition) is 1. The highest BCUT2D eigenvalue weighted by atomic mass is 127. The topological polar surface area (TPSA) is 60.4 Å². The summed E-state index contributed by atoms with van der Waals surface area (Å²) in [4.78, 5) is 22.7. The van der Waals surface area contributed by atoms with Gasteiger partial charge >= 0.3 is 0 Å². The Labute approximate surface area is 186 Å². The Morgan fingerprint density at radius 1 is 1.21 bits per heavy atom. The van der Waals surface area contributed by atoms with Crippen molar-refractivity contribution in [2.45, 2.75) is 19.9 Å². The van der Waals surface area contributed by atoms with Crippen LogP contribution < -0.4 is 10.1 Å². The smallest absolute Gasteiger partial charge is 0.219 e. The van der Waals surface area contributed by atoms with Crippen molar-refractivity contribution < 1.29 is 9.53 Å². The molecule has 0 radical (unpaired) electrons. The molecule has 1 saturated heterocycles. The van der Waals surface area contributed by atoms with Crippen molar-refractivity contribution in [3.05, 3.63) is 29.8 Å². The average molecular weight is 503 g/mol. The molecule has 1 amide bonds. The third kappa shape index (κ3) is 6.51. The lowest BCUT2D eigenvalue weighted by Gasteiger charge is -2.36. The summed E-state index contributed by atoms with van der Waals surface area (Å²) in [6.45, 7) is 8.22. The third-order valence-corrected chi connectivity index (χ3v) is 4.89. The van der Waals surface area contributed by atoms with Crippen molar-refractivity contribution in [1.82, 2.24) is 20.0 Å². The summed E-state index contributed by atoms with van der Waals surface area (Å²) in [7, 11) is 5.82. The predicted molar refractivity (Wildman–Crippen MR) is 125 cm³/mol. The van der Waals surface area contributed by atoms with Gasteiger partial charge in [-0.05, 0) is 27.1 Å². The maximum absolute atomic E-state index is 11.6. The van der Waals surface area contributed by atoms with E-state index in [1.54, 1.807) is 14.0 Å². The van der Waals surface area contributed by atoms with E-state index in [0.717, 1.165) is 50.0 Å². The molecule has 7 nitrogen and oxygen atoms in total. The standard InChI is InChI=1S/C20H33N5O2.HI/c1-6-21-20(25-13-11-24(12-14-25)16(2)26)22-15-18(23(3)4)17-9-7-8-10-19(17)27-5;/h7-10,18H,6,11-15H2,1-5H3,(H,21,22);1H. The number of methoxy groups -OCH3 is 1. The highest BCUT2D eigenvalue weighted by Crippen LogP contribution is 2.28. The zero-order chi connectivity index (χ0) is 19.8. The molecule has 0 aromatic heterocycles. The highest BCUT2D eigenvalue weighted by Gasteiger charge is 2.22. The molecule has 0 spiro atoms. The molecular weight excluding hydrogens is 469 g/mol. The number of carbonyl (C=O) groups is 1. The predicted octanol–water partition coefficient (Wildman–Crippen LogP) is 2.05. The lowest BCUT2D eigenvalue weighted by atomic mass is 10.0. The van der Waals surface area contributed by atoms with Crippen LogP contribution >= 0.6 is 24.0 Å². The molecule has 0 bridgehead atoms. The first kappa shape index (κ1) is 24.5. The van der Waals surface area contributed by atoms with Crippen LogP contribution in [0.5, 0.6) is 5.75 Å². The first-order valence-corrected chi connectivity index (χ1v) is 9.56. The number of para-hydroxylation sites is 1. The molecule has 1 N–H and O–H groups in total.